The minimum absolute atomic E-state index is 0.376. The van der Waals surface area contributed by atoms with Crippen LogP contribution in [0.4, 0.5) is 0 Å². The first-order valence-electron chi connectivity index (χ1n) is 4.57. The maximum Gasteiger partial charge on any atom is 0.158 e. The molecule has 0 heterocycles. The lowest BCUT2D eigenvalue weighted by molar-refractivity contribution is -0.118. The van der Waals surface area contributed by atoms with Crippen LogP contribution >= 0.6 is 0 Å². The van der Waals surface area contributed by atoms with Crippen LogP contribution in [0.1, 0.15) is 45.4 Å². The first-order valence-corrected chi connectivity index (χ1v) is 4.57. The van der Waals surface area contributed by atoms with E-state index in [2.05, 4.69) is 13.0 Å². The summed E-state index contributed by atoms with van der Waals surface area (Å²) in [5.74, 6) is 0.376. The van der Waals surface area contributed by atoms with Crippen LogP contribution in [0.5, 0.6) is 0 Å². The summed E-state index contributed by atoms with van der Waals surface area (Å²) in [5, 5.41) is 0. The zero-order valence-corrected chi connectivity index (χ0v) is 7.23. The Morgan fingerprint density at radius 3 is 2.64 bits per heavy atom. The van der Waals surface area contributed by atoms with E-state index in [1.54, 1.807) is 0 Å². The van der Waals surface area contributed by atoms with Gasteiger partial charge in [0.05, 0.1) is 0 Å². The maximum absolute atomic E-state index is 10.8. The Kier molecular flexibility index (Phi) is 3.34. The standard InChI is InChI=1S/C10H16O/c1-2-3-4-5-6-9-7-8-10(9)11/h6H,2-5,7-8H2,1H3/b9-6+. The fraction of sp³-hybridized carbons (Fsp3) is 0.700. The number of hydrogen-bond donors (Lipinski definition) is 0. The normalized spacial score (nSPS) is 20.5. The molecule has 62 valence electrons. The molecule has 0 bridgehead atoms. The Labute approximate surface area is 68.5 Å². The lowest BCUT2D eigenvalue weighted by atomic mass is 9.89. The van der Waals surface area contributed by atoms with E-state index >= 15 is 0 Å². The van der Waals surface area contributed by atoms with Crippen molar-refractivity contribution in [3.63, 3.8) is 0 Å². The highest BCUT2D eigenvalue weighted by atomic mass is 16.1. The van der Waals surface area contributed by atoms with Gasteiger partial charge >= 0.3 is 0 Å². The summed E-state index contributed by atoms with van der Waals surface area (Å²) in [6.07, 6.45) is 8.85. The quantitative estimate of drug-likeness (QED) is 0.447. The van der Waals surface area contributed by atoms with Gasteiger partial charge < -0.3 is 0 Å². The van der Waals surface area contributed by atoms with Crippen LogP contribution in [0.15, 0.2) is 11.6 Å². The molecule has 0 saturated heterocycles. The Balaban J connectivity index is 2.09. The molecule has 1 saturated carbocycles. The minimum atomic E-state index is 0.376. The second-order valence-electron chi connectivity index (χ2n) is 3.15. The van der Waals surface area contributed by atoms with E-state index in [0.29, 0.717) is 5.78 Å². The molecule has 1 nitrogen and oxygen atoms in total. The van der Waals surface area contributed by atoms with Crippen LogP contribution < -0.4 is 0 Å². The van der Waals surface area contributed by atoms with Crippen LogP contribution in [0.2, 0.25) is 0 Å². The van der Waals surface area contributed by atoms with E-state index < -0.39 is 0 Å². The molecule has 0 aliphatic heterocycles. The zero-order chi connectivity index (χ0) is 8.10. The second kappa shape index (κ2) is 4.32. The number of allylic oxidation sites excluding steroid dienone is 2. The smallest absolute Gasteiger partial charge is 0.158 e. The number of rotatable bonds is 4. The van der Waals surface area contributed by atoms with Crippen molar-refractivity contribution in [1.29, 1.82) is 0 Å². The van der Waals surface area contributed by atoms with Gasteiger partial charge in [-0.1, -0.05) is 25.8 Å². The number of ketones is 1. The van der Waals surface area contributed by atoms with Crippen LogP contribution in [0.25, 0.3) is 0 Å². The molecule has 0 aromatic heterocycles. The predicted octanol–water partition coefficient (Wildman–Crippen LogP) is 2.86. The monoisotopic (exact) mass is 152 g/mol. The van der Waals surface area contributed by atoms with Crippen molar-refractivity contribution in [3.05, 3.63) is 11.6 Å². The van der Waals surface area contributed by atoms with Gasteiger partial charge in [-0.2, -0.15) is 0 Å². The van der Waals surface area contributed by atoms with Crippen molar-refractivity contribution >= 4 is 5.78 Å². The molecule has 0 amide bonds. The van der Waals surface area contributed by atoms with Gasteiger partial charge in [-0.15, -0.1) is 0 Å². The lowest BCUT2D eigenvalue weighted by Crippen LogP contribution is -2.13. The Bertz CT molecular complexity index is 168. The van der Waals surface area contributed by atoms with Gasteiger partial charge in [0.1, 0.15) is 0 Å². The van der Waals surface area contributed by atoms with Crippen LogP contribution in [-0.4, -0.2) is 5.78 Å². The van der Waals surface area contributed by atoms with Gasteiger partial charge in [0, 0.05) is 6.42 Å². The van der Waals surface area contributed by atoms with Crippen LogP contribution in [-0.2, 0) is 4.79 Å². The number of carbonyl (C=O) groups is 1. The number of Topliss-reactive ketones (excluding diaryl/α,β-unsaturated/α-hetero) is 1. The van der Waals surface area contributed by atoms with Gasteiger partial charge in [0.25, 0.3) is 0 Å². The summed E-state index contributed by atoms with van der Waals surface area (Å²) in [7, 11) is 0. The van der Waals surface area contributed by atoms with Crippen LogP contribution in [0, 0.1) is 0 Å². The molecule has 0 aromatic carbocycles. The summed E-state index contributed by atoms with van der Waals surface area (Å²) in [5.41, 5.74) is 1.08. The third kappa shape index (κ3) is 2.49. The Morgan fingerprint density at radius 1 is 1.36 bits per heavy atom. The summed E-state index contributed by atoms with van der Waals surface area (Å²) >= 11 is 0. The third-order valence-corrected chi connectivity index (χ3v) is 2.18. The van der Waals surface area contributed by atoms with Crippen molar-refractivity contribution in [1.82, 2.24) is 0 Å². The van der Waals surface area contributed by atoms with Crippen molar-refractivity contribution in [2.24, 2.45) is 0 Å². The second-order valence-corrected chi connectivity index (χ2v) is 3.15. The lowest BCUT2D eigenvalue weighted by Gasteiger charge is -2.14. The number of carbonyl (C=O) groups excluding carboxylic acids is 1. The first-order chi connectivity index (χ1) is 5.34. The minimum Gasteiger partial charge on any atom is -0.295 e. The average molecular weight is 152 g/mol. The molecular formula is C10H16O. The van der Waals surface area contributed by atoms with E-state index in [9.17, 15) is 4.79 Å². The van der Waals surface area contributed by atoms with Gasteiger partial charge in [-0.05, 0) is 24.8 Å². The van der Waals surface area contributed by atoms with Gasteiger partial charge in [0.2, 0.25) is 0 Å². The number of unbranched alkanes of at least 4 members (excludes halogenated alkanes) is 3. The highest BCUT2D eigenvalue weighted by molar-refractivity contribution is 6.01. The SMILES string of the molecule is CCCCC/C=C1\CCC1=O. The number of hydrogen-bond acceptors (Lipinski definition) is 1. The molecule has 1 fully saturated rings. The highest BCUT2D eigenvalue weighted by Gasteiger charge is 2.18. The van der Waals surface area contributed by atoms with Gasteiger partial charge in [0.15, 0.2) is 5.78 Å². The molecule has 1 aliphatic carbocycles. The molecule has 11 heavy (non-hydrogen) atoms. The molecule has 1 aliphatic rings. The van der Waals surface area contributed by atoms with E-state index in [-0.39, 0.29) is 0 Å². The summed E-state index contributed by atoms with van der Waals surface area (Å²) < 4.78 is 0. The van der Waals surface area contributed by atoms with Crippen molar-refractivity contribution in [2.75, 3.05) is 0 Å². The van der Waals surface area contributed by atoms with E-state index in [1.807, 2.05) is 0 Å². The Morgan fingerprint density at radius 2 is 2.18 bits per heavy atom. The summed E-state index contributed by atoms with van der Waals surface area (Å²) in [4.78, 5) is 10.8. The molecular weight excluding hydrogens is 136 g/mol. The molecule has 0 aromatic rings. The van der Waals surface area contributed by atoms with Gasteiger partial charge in [-0.3, -0.25) is 4.79 Å². The fourth-order valence-electron chi connectivity index (χ4n) is 1.26. The van der Waals surface area contributed by atoms with Crippen molar-refractivity contribution < 1.29 is 4.79 Å². The summed E-state index contributed by atoms with van der Waals surface area (Å²) in [6.45, 7) is 2.20. The molecule has 0 unspecified atom stereocenters. The topological polar surface area (TPSA) is 17.1 Å². The third-order valence-electron chi connectivity index (χ3n) is 2.18. The largest absolute Gasteiger partial charge is 0.295 e. The molecule has 0 radical (unpaired) electrons. The maximum atomic E-state index is 10.8. The van der Waals surface area contributed by atoms with E-state index in [1.165, 1.54) is 19.3 Å². The van der Waals surface area contributed by atoms with E-state index in [4.69, 9.17) is 0 Å². The Hall–Kier alpha value is -0.590. The highest BCUT2D eigenvalue weighted by Crippen LogP contribution is 2.21. The molecule has 1 heteroatoms. The predicted molar refractivity (Wildman–Crippen MR) is 46.5 cm³/mol. The van der Waals surface area contributed by atoms with Gasteiger partial charge in [-0.25, -0.2) is 0 Å². The van der Waals surface area contributed by atoms with E-state index in [0.717, 1.165) is 24.8 Å². The van der Waals surface area contributed by atoms with Crippen molar-refractivity contribution in [2.45, 2.75) is 45.4 Å². The van der Waals surface area contributed by atoms with Crippen molar-refractivity contribution in [3.8, 4) is 0 Å². The first kappa shape index (κ1) is 8.51. The average Bonchev–Trinajstić information content (AvgIpc) is 2.02. The zero-order valence-electron chi connectivity index (χ0n) is 7.23. The molecule has 1 rings (SSSR count). The molecule has 0 spiro atoms. The summed E-state index contributed by atoms with van der Waals surface area (Å²) in [6, 6.07) is 0. The molecule has 0 atom stereocenters. The molecule has 0 N–H and O–H groups in total. The fourth-order valence-corrected chi connectivity index (χ4v) is 1.26. The van der Waals surface area contributed by atoms with Crippen LogP contribution in [0.3, 0.4) is 0 Å².